The van der Waals surface area contributed by atoms with Crippen molar-refractivity contribution in [2.75, 3.05) is 4.90 Å². The SMILES string of the molecule is CCc1ccc(N2C(=O)/C(=C\c3cc(C)n(-c4ccc(S(N)(=O)=O)cc4)c3C)C(=O)NC2=S)cc1. The zero-order valence-corrected chi connectivity index (χ0v) is 21.0. The van der Waals surface area contributed by atoms with E-state index >= 15 is 0 Å². The molecule has 0 spiro atoms. The maximum absolute atomic E-state index is 13.3. The molecule has 35 heavy (non-hydrogen) atoms. The lowest BCUT2D eigenvalue weighted by Gasteiger charge is -2.29. The molecule has 1 aliphatic rings. The maximum atomic E-state index is 13.3. The Balaban J connectivity index is 1.72. The number of aromatic nitrogens is 1. The molecule has 1 aromatic heterocycles. The summed E-state index contributed by atoms with van der Waals surface area (Å²) in [5.74, 6) is -1.07. The number of anilines is 1. The molecule has 8 nitrogen and oxygen atoms in total. The van der Waals surface area contributed by atoms with Crippen molar-refractivity contribution in [2.24, 2.45) is 5.14 Å². The standard InChI is InChI=1S/C25H24N4O4S2/c1-4-17-5-7-20(8-6-17)29-24(31)22(23(30)27-25(29)34)14-18-13-15(2)28(16(18)3)19-9-11-21(12-10-19)35(26,32)33/h5-14H,4H2,1-3H3,(H2,26,32,33)(H,27,30,34)/b22-14-. The van der Waals surface area contributed by atoms with Crippen LogP contribution >= 0.6 is 12.2 Å². The normalized spacial score (nSPS) is 15.6. The van der Waals surface area contributed by atoms with Gasteiger partial charge in [0.05, 0.1) is 10.6 Å². The van der Waals surface area contributed by atoms with E-state index in [0.29, 0.717) is 11.3 Å². The molecule has 0 unspecified atom stereocenters. The van der Waals surface area contributed by atoms with Crippen LogP contribution in [-0.4, -0.2) is 29.9 Å². The van der Waals surface area contributed by atoms with E-state index in [2.05, 4.69) is 5.32 Å². The van der Waals surface area contributed by atoms with Crippen molar-refractivity contribution in [3.63, 3.8) is 0 Å². The number of nitrogens with zero attached hydrogens (tertiary/aromatic N) is 2. The molecule has 0 bridgehead atoms. The molecular formula is C25H24N4O4S2. The van der Waals surface area contributed by atoms with E-state index in [-0.39, 0.29) is 15.6 Å². The molecule has 180 valence electrons. The molecule has 1 fully saturated rings. The first-order chi connectivity index (χ1) is 16.5. The van der Waals surface area contributed by atoms with E-state index in [9.17, 15) is 18.0 Å². The number of rotatable bonds is 5. The van der Waals surface area contributed by atoms with Gasteiger partial charge >= 0.3 is 0 Å². The van der Waals surface area contributed by atoms with Crippen LogP contribution in [0.1, 0.15) is 29.4 Å². The molecule has 0 radical (unpaired) electrons. The first-order valence-corrected chi connectivity index (χ1v) is 12.8. The molecule has 2 heterocycles. The van der Waals surface area contributed by atoms with E-state index in [0.717, 1.165) is 29.1 Å². The number of aryl methyl sites for hydroxylation is 2. The van der Waals surface area contributed by atoms with Gasteiger partial charge in [-0.25, -0.2) is 13.6 Å². The first-order valence-electron chi connectivity index (χ1n) is 10.8. The number of benzene rings is 2. The molecule has 3 aromatic rings. The number of sulfonamides is 1. The van der Waals surface area contributed by atoms with E-state index < -0.39 is 21.8 Å². The summed E-state index contributed by atoms with van der Waals surface area (Å²) in [7, 11) is -3.80. The lowest BCUT2D eigenvalue weighted by molar-refractivity contribution is -0.122. The van der Waals surface area contributed by atoms with Gasteiger partial charge in [-0.05, 0) is 92.2 Å². The number of carbonyl (C=O) groups is 2. The van der Waals surface area contributed by atoms with E-state index in [1.165, 1.54) is 17.0 Å². The van der Waals surface area contributed by atoms with Crippen molar-refractivity contribution >= 4 is 50.9 Å². The zero-order valence-electron chi connectivity index (χ0n) is 19.4. The minimum atomic E-state index is -3.80. The highest BCUT2D eigenvalue weighted by atomic mass is 32.2. The molecule has 0 aliphatic carbocycles. The molecule has 2 amide bonds. The van der Waals surface area contributed by atoms with Gasteiger partial charge in [-0.3, -0.25) is 19.8 Å². The number of amides is 2. The third kappa shape index (κ3) is 4.68. The second-order valence-corrected chi connectivity index (χ2v) is 10.1. The number of hydrogen-bond donors (Lipinski definition) is 2. The summed E-state index contributed by atoms with van der Waals surface area (Å²) >= 11 is 5.28. The third-order valence-electron chi connectivity index (χ3n) is 5.90. The number of primary sulfonamides is 1. The van der Waals surface area contributed by atoms with E-state index in [1.807, 2.05) is 43.5 Å². The summed E-state index contributed by atoms with van der Waals surface area (Å²) in [6.07, 6.45) is 2.41. The number of hydrogen-bond acceptors (Lipinski definition) is 5. The molecule has 0 atom stereocenters. The summed E-state index contributed by atoms with van der Waals surface area (Å²) in [6.45, 7) is 5.77. The second kappa shape index (κ2) is 9.21. The quantitative estimate of drug-likeness (QED) is 0.312. The third-order valence-corrected chi connectivity index (χ3v) is 7.11. The molecule has 4 rings (SSSR count). The van der Waals surface area contributed by atoms with Crippen LogP contribution in [0.5, 0.6) is 0 Å². The summed E-state index contributed by atoms with van der Waals surface area (Å²) < 4.78 is 25.0. The Morgan fingerprint density at radius 3 is 2.17 bits per heavy atom. The van der Waals surface area contributed by atoms with Crippen LogP contribution in [0.15, 0.2) is 65.1 Å². The lowest BCUT2D eigenvalue weighted by Crippen LogP contribution is -2.54. The van der Waals surface area contributed by atoms with Crippen LogP contribution in [0.2, 0.25) is 0 Å². The van der Waals surface area contributed by atoms with Crippen molar-refractivity contribution in [3.8, 4) is 5.69 Å². The predicted molar refractivity (Wildman–Crippen MR) is 139 cm³/mol. The lowest BCUT2D eigenvalue weighted by atomic mass is 10.1. The van der Waals surface area contributed by atoms with Crippen molar-refractivity contribution in [3.05, 3.63) is 82.7 Å². The monoisotopic (exact) mass is 508 g/mol. The number of carbonyl (C=O) groups excluding carboxylic acids is 2. The first kappa shape index (κ1) is 24.5. The fraction of sp³-hybridized carbons (Fsp3) is 0.160. The Morgan fingerprint density at radius 1 is 1.00 bits per heavy atom. The fourth-order valence-electron chi connectivity index (χ4n) is 4.04. The average Bonchev–Trinajstić information content (AvgIpc) is 3.09. The molecular weight excluding hydrogens is 484 g/mol. The van der Waals surface area contributed by atoms with Gasteiger partial charge < -0.3 is 4.57 Å². The van der Waals surface area contributed by atoms with Gasteiger partial charge in [0.15, 0.2) is 5.11 Å². The van der Waals surface area contributed by atoms with Gasteiger partial charge in [-0.15, -0.1) is 0 Å². The van der Waals surface area contributed by atoms with Crippen LogP contribution in [-0.2, 0) is 26.0 Å². The Bertz CT molecular complexity index is 1490. The highest BCUT2D eigenvalue weighted by Crippen LogP contribution is 2.27. The fourth-order valence-corrected chi connectivity index (χ4v) is 4.84. The predicted octanol–water partition coefficient (Wildman–Crippen LogP) is 3.14. The number of thiocarbonyl (C=S) groups is 1. The Labute approximate surface area is 209 Å². The molecule has 2 aromatic carbocycles. The topological polar surface area (TPSA) is 114 Å². The summed E-state index contributed by atoms with van der Waals surface area (Å²) in [6, 6.07) is 15.4. The second-order valence-electron chi connectivity index (χ2n) is 8.18. The van der Waals surface area contributed by atoms with Crippen LogP contribution in [0.4, 0.5) is 5.69 Å². The highest BCUT2D eigenvalue weighted by molar-refractivity contribution is 7.89. The van der Waals surface area contributed by atoms with Crippen molar-refractivity contribution in [1.82, 2.24) is 9.88 Å². The van der Waals surface area contributed by atoms with Crippen LogP contribution in [0.25, 0.3) is 11.8 Å². The molecule has 1 saturated heterocycles. The van der Waals surface area contributed by atoms with E-state index in [4.69, 9.17) is 17.4 Å². The molecule has 0 saturated carbocycles. The summed E-state index contributed by atoms with van der Waals surface area (Å²) in [5.41, 5.74) is 4.65. The van der Waals surface area contributed by atoms with Crippen LogP contribution in [0, 0.1) is 13.8 Å². The maximum Gasteiger partial charge on any atom is 0.270 e. The molecule has 3 N–H and O–H groups in total. The largest absolute Gasteiger partial charge is 0.318 e. The Hall–Kier alpha value is -3.60. The van der Waals surface area contributed by atoms with Gasteiger partial charge in [0.2, 0.25) is 10.0 Å². The minimum absolute atomic E-state index is 0.0126. The number of nitrogens with one attached hydrogen (secondary N) is 1. The summed E-state index contributed by atoms with van der Waals surface area (Å²) in [4.78, 5) is 27.4. The van der Waals surface area contributed by atoms with Crippen molar-refractivity contribution in [1.29, 1.82) is 0 Å². The van der Waals surface area contributed by atoms with Gasteiger partial charge in [-0.1, -0.05) is 19.1 Å². The van der Waals surface area contributed by atoms with Gasteiger partial charge in [0.1, 0.15) is 5.57 Å². The average molecular weight is 509 g/mol. The van der Waals surface area contributed by atoms with Crippen LogP contribution < -0.4 is 15.4 Å². The number of nitrogens with two attached hydrogens (primary N) is 1. The zero-order chi connectivity index (χ0) is 25.5. The van der Waals surface area contributed by atoms with E-state index in [1.54, 1.807) is 30.3 Å². The Morgan fingerprint density at radius 2 is 1.60 bits per heavy atom. The van der Waals surface area contributed by atoms with Crippen molar-refractivity contribution in [2.45, 2.75) is 32.1 Å². The van der Waals surface area contributed by atoms with Crippen LogP contribution in [0.3, 0.4) is 0 Å². The molecule has 1 aliphatic heterocycles. The minimum Gasteiger partial charge on any atom is -0.318 e. The Kier molecular flexibility index (Phi) is 6.46. The highest BCUT2D eigenvalue weighted by Gasteiger charge is 2.34. The smallest absolute Gasteiger partial charge is 0.270 e. The van der Waals surface area contributed by atoms with Gasteiger partial charge in [0.25, 0.3) is 11.8 Å². The van der Waals surface area contributed by atoms with Gasteiger partial charge in [0, 0.05) is 17.1 Å². The van der Waals surface area contributed by atoms with Gasteiger partial charge in [-0.2, -0.15) is 0 Å². The molecule has 10 heteroatoms. The summed E-state index contributed by atoms with van der Waals surface area (Å²) in [5, 5.41) is 7.83. The van der Waals surface area contributed by atoms with Crippen molar-refractivity contribution < 1.29 is 18.0 Å².